The zero-order valence-electron chi connectivity index (χ0n) is 11.1. The van der Waals surface area contributed by atoms with Gasteiger partial charge in [-0.3, -0.25) is 0 Å². The van der Waals surface area contributed by atoms with Crippen molar-refractivity contribution < 1.29 is 4.79 Å². The Bertz CT molecular complexity index is 397. The maximum Gasteiger partial charge on any atom is 0.130 e. The predicted molar refractivity (Wildman–Crippen MR) is 81.4 cm³/mol. The van der Waals surface area contributed by atoms with Crippen LogP contribution in [0.5, 0.6) is 0 Å². The van der Waals surface area contributed by atoms with Crippen LogP contribution in [0.3, 0.4) is 0 Å². The summed E-state index contributed by atoms with van der Waals surface area (Å²) in [6.07, 6.45) is 2.78. The minimum absolute atomic E-state index is 0.0429. The maximum absolute atomic E-state index is 11.3. The van der Waals surface area contributed by atoms with Crippen LogP contribution in [-0.2, 0) is 4.79 Å². The molecule has 1 aliphatic rings. The summed E-state index contributed by atoms with van der Waals surface area (Å²) in [7, 11) is 0. The summed E-state index contributed by atoms with van der Waals surface area (Å²) < 4.78 is 0.937. The Hall–Kier alpha value is -0.340. The van der Waals surface area contributed by atoms with E-state index in [4.69, 9.17) is 0 Å². The Morgan fingerprint density at radius 2 is 2.24 bits per heavy atom. The lowest BCUT2D eigenvalue weighted by Crippen LogP contribution is -2.32. The zero-order valence-corrected chi connectivity index (χ0v) is 13.3. The van der Waals surface area contributed by atoms with Crippen LogP contribution < -0.4 is 0 Å². The van der Waals surface area contributed by atoms with Gasteiger partial charge in [0, 0.05) is 16.4 Å². The second kappa shape index (κ2) is 5.53. The van der Waals surface area contributed by atoms with E-state index in [1.165, 1.54) is 11.1 Å². The average molecular weight is 344 g/mol. The van der Waals surface area contributed by atoms with Crippen molar-refractivity contribution in [2.45, 2.75) is 34.1 Å². The molecule has 2 heteroatoms. The molecule has 0 fully saturated rings. The molecule has 17 heavy (non-hydrogen) atoms. The number of hydrogen-bond donors (Lipinski definition) is 0. The molecule has 1 nitrogen and oxygen atoms in total. The van der Waals surface area contributed by atoms with Crippen LogP contribution in [-0.4, -0.2) is 10.2 Å². The van der Waals surface area contributed by atoms with Gasteiger partial charge in [0.1, 0.15) is 5.78 Å². The smallest absolute Gasteiger partial charge is 0.130 e. The molecule has 94 valence electrons. The zero-order chi connectivity index (χ0) is 13.2. The van der Waals surface area contributed by atoms with Gasteiger partial charge in [0.25, 0.3) is 0 Å². The molecule has 0 radical (unpaired) electrons. The highest BCUT2D eigenvalue weighted by Crippen LogP contribution is 2.44. The van der Waals surface area contributed by atoms with E-state index in [1.54, 1.807) is 6.92 Å². The fourth-order valence-electron chi connectivity index (χ4n) is 2.86. The second-order valence-corrected chi connectivity index (χ2v) is 6.37. The number of alkyl halides is 1. The average Bonchev–Trinajstić information content (AvgIpc) is 2.15. The third-order valence-corrected chi connectivity index (χ3v) is 4.26. The Morgan fingerprint density at radius 3 is 2.71 bits per heavy atom. The molecule has 0 saturated carbocycles. The van der Waals surface area contributed by atoms with Gasteiger partial charge in [0.15, 0.2) is 0 Å². The number of halogens is 1. The summed E-state index contributed by atoms with van der Waals surface area (Å²) in [5, 5.41) is 0. The molecule has 0 N–H and O–H groups in total. The number of hydrogen-bond acceptors (Lipinski definition) is 1. The van der Waals surface area contributed by atoms with Gasteiger partial charge in [0.05, 0.1) is 0 Å². The van der Waals surface area contributed by atoms with Crippen molar-refractivity contribution in [2.24, 2.45) is 17.3 Å². The molecule has 0 aliphatic heterocycles. The van der Waals surface area contributed by atoms with Crippen molar-refractivity contribution >= 4 is 28.4 Å². The SMILES string of the molecule is C=C1C(CI)=C=CC(C)(C)C1C(C)CC(C)=O. The van der Waals surface area contributed by atoms with Crippen LogP contribution in [0.2, 0.25) is 0 Å². The molecule has 0 spiro atoms. The van der Waals surface area contributed by atoms with Gasteiger partial charge >= 0.3 is 0 Å². The molecule has 1 aliphatic carbocycles. The van der Waals surface area contributed by atoms with Gasteiger partial charge in [-0.15, -0.1) is 5.73 Å². The van der Waals surface area contributed by atoms with E-state index in [1.807, 2.05) is 0 Å². The van der Waals surface area contributed by atoms with Gasteiger partial charge in [-0.1, -0.05) is 49.9 Å². The Labute approximate surface area is 118 Å². The molecule has 2 atom stereocenters. The number of Topliss-reactive ketones (excluding diaryl/α,β-unsaturated/α-hetero) is 1. The summed E-state index contributed by atoms with van der Waals surface area (Å²) in [4.78, 5) is 11.3. The normalized spacial score (nSPS) is 24.4. The van der Waals surface area contributed by atoms with Crippen LogP contribution in [0.15, 0.2) is 29.5 Å². The van der Waals surface area contributed by atoms with E-state index < -0.39 is 0 Å². The van der Waals surface area contributed by atoms with E-state index in [0.29, 0.717) is 18.3 Å². The van der Waals surface area contributed by atoms with Crippen molar-refractivity contribution in [2.75, 3.05) is 4.43 Å². The van der Waals surface area contributed by atoms with Crippen LogP contribution >= 0.6 is 22.6 Å². The van der Waals surface area contributed by atoms with Crippen molar-refractivity contribution in [1.82, 2.24) is 0 Å². The number of rotatable bonds is 4. The Kier molecular flexibility index (Phi) is 4.79. The number of carbonyl (C=O) groups is 1. The van der Waals surface area contributed by atoms with Gasteiger partial charge < -0.3 is 4.79 Å². The Balaban J connectivity index is 3.04. The highest BCUT2D eigenvalue weighted by molar-refractivity contribution is 14.1. The maximum atomic E-state index is 11.3. The summed E-state index contributed by atoms with van der Waals surface area (Å²) in [6.45, 7) is 12.5. The molecule has 2 unspecified atom stereocenters. The first-order valence-electron chi connectivity index (χ1n) is 6.01. The van der Waals surface area contributed by atoms with Crippen molar-refractivity contribution in [3.63, 3.8) is 0 Å². The largest absolute Gasteiger partial charge is 0.300 e. The standard InChI is InChI=1S/C15H21IO/c1-10(8-11(2)17)14-12(3)13(9-16)6-7-15(14,4)5/h7,10,14H,3,8-9H2,1-2,4-5H3. The molecule has 1 rings (SSSR count). The predicted octanol–water partition coefficient (Wildman–Crippen LogP) is 4.33. The minimum Gasteiger partial charge on any atom is -0.300 e. The molecule has 0 heterocycles. The number of carbonyl (C=O) groups excluding carboxylic acids is 1. The summed E-state index contributed by atoms with van der Waals surface area (Å²) in [5.74, 6) is 0.944. The lowest BCUT2D eigenvalue weighted by Gasteiger charge is -2.39. The number of ketones is 1. The molecule has 0 aromatic rings. The highest BCUT2D eigenvalue weighted by atomic mass is 127. The first kappa shape index (κ1) is 14.7. The van der Waals surface area contributed by atoms with Gasteiger partial charge in [-0.05, 0) is 35.8 Å². The van der Waals surface area contributed by atoms with E-state index in [9.17, 15) is 4.79 Å². The summed E-state index contributed by atoms with van der Waals surface area (Å²) in [6, 6.07) is 0. The first-order chi connectivity index (χ1) is 7.79. The van der Waals surface area contributed by atoms with Crippen LogP contribution in [0.25, 0.3) is 0 Å². The van der Waals surface area contributed by atoms with Crippen molar-refractivity contribution in [1.29, 1.82) is 0 Å². The fourth-order valence-corrected chi connectivity index (χ4v) is 3.57. The monoisotopic (exact) mass is 344 g/mol. The van der Waals surface area contributed by atoms with Crippen LogP contribution in [0.4, 0.5) is 0 Å². The number of allylic oxidation sites excluding steroid dienone is 2. The third kappa shape index (κ3) is 3.32. The van der Waals surface area contributed by atoms with Crippen molar-refractivity contribution in [3.8, 4) is 0 Å². The molecule has 0 aromatic heterocycles. The van der Waals surface area contributed by atoms with E-state index >= 15 is 0 Å². The van der Waals surface area contributed by atoms with Gasteiger partial charge in [0.2, 0.25) is 0 Å². The third-order valence-electron chi connectivity index (χ3n) is 3.50. The van der Waals surface area contributed by atoms with E-state index in [2.05, 4.69) is 61.7 Å². The highest BCUT2D eigenvalue weighted by Gasteiger charge is 2.37. The van der Waals surface area contributed by atoms with E-state index in [-0.39, 0.29) is 11.2 Å². The summed E-state index contributed by atoms with van der Waals surface area (Å²) in [5.41, 5.74) is 5.76. The minimum atomic E-state index is 0.0429. The van der Waals surface area contributed by atoms with Gasteiger partial charge in [-0.2, -0.15) is 0 Å². The lowest BCUT2D eigenvalue weighted by atomic mass is 9.64. The molecule has 0 saturated heterocycles. The fraction of sp³-hybridized carbons (Fsp3) is 0.600. The Morgan fingerprint density at radius 1 is 1.65 bits per heavy atom. The second-order valence-electron chi connectivity index (χ2n) is 5.61. The lowest BCUT2D eigenvalue weighted by molar-refractivity contribution is -0.118. The molecular weight excluding hydrogens is 323 g/mol. The van der Waals surface area contributed by atoms with Crippen LogP contribution in [0.1, 0.15) is 34.1 Å². The van der Waals surface area contributed by atoms with E-state index in [0.717, 1.165) is 4.43 Å². The first-order valence-corrected chi connectivity index (χ1v) is 7.53. The molecule has 0 bridgehead atoms. The molecule has 0 aromatic carbocycles. The molecular formula is C15H21IO. The van der Waals surface area contributed by atoms with Crippen LogP contribution in [0, 0.1) is 17.3 Å². The van der Waals surface area contributed by atoms with Crippen molar-refractivity contribution in [3.05, 3.63) is 29.5 Å². The summed E-state index contributed by atoms with van der Waals surface area (Å²) >= 11 is 2.35. The topological polar surface area (TPSA) is 17.1 Å². The quantitative estimate of drug-likeness (QED) is 0.421. The van der Waals surface area contributed by atoms with Gasteiger partial charge in [-0.25, -0.2) is 0 Å². The molecule has 0 amide bonds.